The van der Waals surface area contributed by atoms with Gasteiger partial charge in [0.05, 0.1) is 6.04 Å². The van der Waals surface area contributed by atoms with Gasteiger partial charge in [0.1, 0.15) is 5.75 Å². The fourth-order valence-corrected chi connectivity index (χ4v) is 2.84. The lowest BCUT2D eigenvalue weighted by atomic mass is 10.1. The van der Waals surface area contributed by atoms with Crippen LogP contribution in [0.4, 0.5) is 10.5 Å². The molecule has 7 heteroatoms. The largest absolute Gasteiger partial charge is 0.484 e. The zero-order valence-electron chi connectivity index (χ0n) is 15.0. The molecule has 0 saturated heterocycles. The van der Waals surface area contributed by atoms with Crippen LogP contribution >= 0.6 is 22.6 Å². The van der Waals surface area contributed by atoms with E-state index in [2.05, 4.69) is 38.5 Å². The number of rotatable bonds is 7. The molecule has 1 unspecified atom stereocenters. The van der Waals surface area contributed by atoms with Crippen molar-refractivity contribution < 1.29 is 14.3 Å². The highest BCUT2D eigenvalue weighted by molar-refractivity contribution is 14.1. The molecule has 3 N–H and O–H groups in total. The van der Waals surface area contributed by atoms with E-state index in [4.69, 9.17) is 4.74 Å². The molecular weight excluding hydrogens is 457 g/mol. The van der Waals surface area contributed by atoms with Gasteiger partial charge in [-0.05, 0) is 84.3 Å². The number of nitrogens with one attached hydrogen (secondary N) is 3. The number of carbonyl (C=O) groups is 2. The first-order valence-corrected chi connectivity index (χ1v) is 9.92. The normalized spacial score (nSPS) is 14.1. The van der Waals surface area contributed by atoms with Crippen molar-refractivity contribution in [1.82, 2.24) is 10.6 Å². The molecule has 3 amide bonds. The maximum Gasteiger partial charge on any atom is 0.319 e. The second-order valence-corrected chi connectivity index (χ2v) is 7.77. The molecule has 1 aliphatic carbocycles. The zero-order chi connectivity index (χ0) is 19.2. The molecule has 0 heterocycles. The Kier molecular flexibility index (Phi) is 6.54. The molecule has 27 heavy (non-hydrogen) atoms. The molecule has 2 aromatic rings. The summed E-state index contributed by atoms with van der Waals surface area (Å²) >= 11 is 2.22. The Morgan fingerprint density at radius 3 is 2.41 bits per heavy atom. The molecule has 0 aliphatic heterocycles. The molecule has 2 aromatic carbocycles. The third-order valence-electron chi connectivity index (χ3n) is 4.14. The Morgan fingerprint density at radius 2 is 1.78 bits per heavy atom. The lowest BCUT2D eigenvalue weighted by molar-refractivity contribution is -0.123. The van der Waals surface area contributed by atoms with Crippen LogP contribution in [0.15, 0.2) is 48.5 Å². The van der Waals surface area contributed by atoms with Crippen molar-refractivity contribution in [3.8, 4) is 5.75 Å². The summed E-state index contributed by atoms with van der Waals surface area (Å²) in [6, 6.07) is 14.9. The summed E-state index contributed by atoms with van der Waals surface area (Å²) in [5.41, 5.74) is 1.67. The van der Waals surface area contributed by atoms with Gasteiger partial charge >= 0.3 is 6.03 Å². The topological polar surface area (TPSA) is 79.5 Å². The minimum atomic E-state index is -0.188. The summed E-state index contributed by atoms with van der Waals surface area (Å²) in [4.78, 5) is 23.8. The monoisotopic (exact) mass is 479 g/mol. The van der Waals surface area contributed by atoms with Gasteiger partial charge in [0.2, 0.25) is 0 Å². The Balaban J connectivity index is 1.45. The fraction of sp³-hybridized carbons (Fsp3) is 0.300. The highest BCUT2D eigenvalue weighted by Crippen LogP contribution is 2.20. The highest BCUT2D eigenvalue weighted by atomic mass is 127. The number of urea groups is 1. The average Bonchev–Trinajstić information content (AvgIpc) is 3.45. The van der Waals surface area contributed by atoms with Crippen LogP contribution in [-0.2, 0) is 4.79 Å². The Morgan fingerprint density at radius 1 is 1.11 bits per heavy atom. The summed E-state index contributed by atoms with van der Waals surface area (Å²) in [6.07, 6.45) is 2.10. The molecular formula is C20H22IN3O3. The maximum atomic E-state index is 12.1. The van der Waals surface area contributed by atoms with E-state index in [-0.39, 0.29) is 24.6 Å². The van der Waals surface area contributed by atoms with E-state index in [1.54, 1.807) is 0 Å². The number of benzene rings is 2. The maximum absolute atomic E-state index is 12.1. The van der Waals surface area contributed by atoms with Crippen molar-refractivity contribution in [3.63, 3.8) is 0 Å². The van der Waals surface area contributed by atoms with E-state index in [0.717, 1.165) is 27.7 Å². The van der Waals surface area contributed by atoms with Crippen molar-refractivity contribution in [2.75, 3.05) is 11.9 Å². The third kappa shape index (κ3) is 6.42. The summed E-state index contributed by atoms with van der Waals surface area (Å²) < 4.78 is 6.60. The first-order valence-electron chi connectivity index (χ1n) is 8.85. The Bertz CT molecular complexity index is 789. The van der Waals surface area contributed by atoms with E-state index in [9.17, 15) is 9.59 Å². The number of anilines is 1. The van der Waals surface area contributed by atoms with Gasteiger partial charge in [0, 0.05) is 15.3 Å². The van der Waals surface area contributed by atoms with Crippen LogP contribution in [0, 0.1) is 3.57 Å². The van der Waals surface area contributed by atoms with Gasteiger partial charge < -0.3 is 20.7 Å². The van der Waals surface area contributed by atoms with E-state index in [1.807, 2.05) is 55.5 Å². The minimum absolute atomic E-state index is 0.0358. The van der Waals surface area contributed by atoms with Gasteiger partial charge in [-0.15, -0.1) is 0 Å². The first kappa shape index (κ1) is 19.5. The SMILES string of the molecule is CC(NC(=O)COc1ccc(I)cc1)c1ccc(NC(=O)NC2CC2)cc1. The molecule has 1 saturated carbocycles. The molecule has 0 spiro atoms. The van der Waals surface area contributed by atoms with Crippen molar-refractivity contribution in [2.45, 2.75) is 31.8 Å². The zero-order valence-corrected chi connectivity index (χ0v) is 17.2. The number of hydrogen-bond acceptors (Lipinski definition) is 3. The molecule has 1 atom stereocenters. The quantitative estimate of drug-likeness (QED) is 0.529. The predicted molar refractivity (Wildman–Crippen MR) is 113 cm³/mol. The van der Waals surface area contributed by atoms with E-state index >= 15 is 0 Å². The molecule has 6 nitrogen and oxygen atoms in total. The van der Waals surface area contributed by atoms with Crippen LogP contribution in [0.2, 0.25) is 0 Å². The first-order chi connectivity index (χ1) is 13.0. The van der Waals surface area contributed by atoms with Crippen LogP contribution in [-0.4, -0.2) is 24.6 Å². The smallest absolute Gasteiger partial charge is 0.319 e. The van der Waals surface area contributed by atoms with E-state index in [0.29, 0.717) is 11.8 Å². The van der Waals surface area contributed by atoms with Crippen molar-refractivity contribution in [1.29, 1.82) is 0 Å². The van der Waals surface area contributed by atoms with Crippen LogP contribution < -0.4 is 20.7 Å². The standard InChI is InChI=1S/C20H22IN3O3/c1-13(22-19(25)12-27-18-10-4-15(21)5-11-18)14-2-6-16(7-3-14)23-20(26)24-17-8-9-17/h2-7,10-11,13,17H,8-9,12H2,1H3,(H,22,25)(H2,23,24,26). The van der Waals surface area contributed by atoms with Crippen LogP contribution in [0.25, 0.3) is 0 Å². The van der Waals surface area contributed by atoms with Crippen molar-refractivity contribution in [2.24, 2.45) is 0 Å². The summed E-state index contributed by atoms with van der Waals surface area (Å²) in [5, 5.41) is 8.59. The minimum Gasteiger partial charge on any atom is -0.484 e. The lowest BCUT2D eigenvalue weighted by Crippen LogP contribution is -2.31. The molecule has 3 rings (SSSR count). The van der Waals surface area contributed by atoms with Crippen LogP contribution in [0.3, 0.4) is 0 Å². The highest BCUT2D eigenvalue weighted by Gasteiger charge is 2.23. The number of carbonyl (C=O) groups excluding carboxylic acids is 2. The van der Waals surface area contributed by atoms with Gasteiger partial charge in [-0.1, -0.05) is 12.1 Å². The number of ether oxygens (including phenoxy) is 1. The van der Waals surface area contributed by atoms with Gasteiger partial charge in [-0.25, -0.2) is 4.79 Å². The van der Waals surface area contributed by atoms with Crippen molar-refractivity contribution >= 4 is 40.2 Å². The average molecular weight is 479 g/mol. The number of hydrogen-bond donors (Lipinski definition) is 3. The molecule has 0 aromatic heterocycles. The molecule has 142 valence electrons. The summed E-state index contributed by atoms with van der Waals surface area (Å²) in [5.74, 6) is 0.477. The van der Waals surface area contributed by atoms with Gasteiger partial charge in [0.25, 0.3) is 5.91 Å². The second-order valence-electron chi connectivity index (χ2n) is 6.53. The van der Waals surface area contributed by atoms with E-state index in [1.165, 1.54) is 0 Å². The molecule has 0 bridgehead atoms. The summed E-state index contributed by atoms with van der Waals surface area (Å²) in [7, 11) is 0. The van der Waals surface area contributed by atoms with Gasteiger partial charge in [-0.3, -0.25) is 4.79 Å². The van der Waals surface area contributed by atoms with E-state index < -0.39 is 0 Å². The fourth-order valence-electron chi connectivity index (χ4n) is 2.48. The van der Waals surface area contributed by atoms with Crippen LogP contribution in [0.1, 0.15) is 31.4 Å². The predicted octanol–water partition coefficient (Wildman–Crippen LogP) is 3.83. The molecule has 0 radical (unpaired) electrons. The third-order valence-corrected chi connectivity index (χ3v) is 4.86. The lowest BCUT2D eigenvalue weighted by Gasteiger charge is -2.15. The Labute approximate surface area is 172 Å². The molecule has 1 fully saturated rings. The van der Waals surface area contributed by atoms with Gasteiger partial charge in [-0.2, -0.15) is 0 Å². The number of halogens is 1. The van der Waals surface area contributed by atoms with Crippen LogP contribution in [0.5, 0.6) is 5.75 Å². The van der Waals surface area contributed by atoms with Crippen molar-refractivity contribution in [3.05, 3.63) is 57.7 Å². The summed E-state index contributed by atoms with van der Waals surface area (Å²) in [6.45, 7) is 1.87. The Hall–Kier alpha value is -2.29. The second kappa shape index (κ2) is 9.07. The van der Waals surface area contributed by atoms with Gasteiger partial charge in [0.15, 0.2) is 6.61 Å². The molecule has 1 aliphatic rings. The number of amides is 3.